The molecule has 4 aliphatic rings. The van der Waals surface area contributed by atoms with Crippen LogP contribution in [0.4, 0.5) is 9.18 Å². The molecule has 4 fully saturated rings. The molecule has 0 radical (unpaired) electrons. The van der Waals surface area contributed by atoms with E-state index in [1.165, 1.54) is 0 Å². The molecule has 1 amide bonds. The van der Waals surface area contributed by atoms with Crippen LogP contribution in [-0.2, 0) is 9.47 Å². The number of rotatable bonds is 2. The highest BCUT2D eigenvalue weighted by molar-refractivity contribution is 5.69. The van der Waals surface area contributed by atoms with Gasteiger partial charge in [0.15, 0.2) is 12.3 Å². The lowest BCUT2D eigenvalue weighted by Gasteiger charge is -2.61. The molecular weight excluding hydrogens is 213 g/mol. The Labute approximate surface area is 93.5 Å². The molecule has 5 heteroatoms. The van der Waals surface area contributed by atoms with Crippen molar-refractivity contribution in [3.8, 4) is 0 Å². The van der Waals surface area contributed by atoms with Crippen LogP contribution < -0.4 is 5.32 Å². The van der Waals surface area contributed by atoms with Crippen LogP contribution in [0.3, 0.4) is 0 Å². The Hall–Kier alpha value is -0.840. The van der Waals surface area contributed by atoms with Crippen molar-refractivity contribution in [2.45, 2.75) is 50.1 Å². The Morgan fingerprint density at radius 1 is 1.50 bits per heavy atom. The third kappa shape index (κ3) is 1.49. The zero-order valence-corrected chi connectivity index (χ0v) is 9.24. The molecule has 3 atom stereocenters. The molecule has 4 nitrogen and oxygen atoms in total. The van der Waals surface area contributed by atoms with Gasteiger partial charge in [-0.05, 0) is 32.1 Å². The maximum atomic E-state index is 13.5. The highest BCUT2D eigenvalue weighted by Crippen LogP contribution is 2.56. The lowest BCUT2D eigenvalue weighted by atomic mass is 9.50. The first-order chi connectivity index (χ1) is 7.58. The predicted molar refractivity (Wildman–Crippen MR) is 53.8 cm³/mol. The molecule has 1 saturated heterocycles. The van der Waals surface area contributed by atoms with E-state index in [0.717, 1.165) is 25.2 Å². The van der Waals surface area contributed by atoms with Gasteiger partial charge < -0.3 is 14.8 Å². The van der Waals surface area contributed by atoms with E-state index in [0.29, 0.717) is 0 Å². The van der Waals surface area contributed by atoms with Crippen molar-refractivity contribution < 1.29 is 18.7 Å². The van der Waals surface area contributed by atoms with Crippen LogP contribution in [0, 0.1) is 5.92 Å². The molecule has 1 aliphatic heterocycles. The van der Waals surface area contributed by atoms with Gasteiger partial charge >= 0.3 is 6.09 Å². The molecule has 3 aliphatic carbocycles. The average molecular weight is 229 g/mol. The van der Waals surface area contributed by atoms with Gasteiger partial charge in [0.2, 0.25) is 0 Å². The van der Waals surface area contributed by atoms with Crippen molar-refractivity contribution >= 4 is 6.09 Å². The minimum Gasteiger partial charge on any atom is -0.441 e. The summed E-state index contributed by atoms with van der Waals surface area (Å²) in [6.07, 6.45) is 0.230. The quantitative estimate of drug-likeness (QED) is 0.778. The number of alkyl carbamates (subject to hydrolysis) is 1. The van der Waals surface area contributed by atoms with Gasteiger partial charge in [-0.25, -0.2) is 9.18 Å². The molecule has 2 bridgehead atoms. The van der Waals surface area contributed by atoms with Gasteiger partial charge in [-0.15, -0.1) is 0 Å². The van der Waals surface area contributed by atoms with E-state index in [9.17, 15) is 9.18 Å². The van der Waals surface area contributed by atoms with Crippen LogP contribution in [0.1, 0.15) is 26.2 Å². The van der Waals surface area contributed by atoms with Gasteiger partial charge in [0, 0.05) is 5.54 Å². The zero-order chi connectivity index (χ0) is 11.3. The van der Waals surface area contributed by atoms with Crippen molar-refractivity contribution in [2.24, 2.45) is 5.92 Å². The maximum Gasteiger partial charge on any atom is 0.408 e. The minimum atomic E-state index is -1.21. The van der Waals surface area contributed by atoms with Crippen molar-refractivity contribution in [3.05, 3.63) is 0 Å². The summed E-state index contributed by atoms with van der Waals surface area (Å²) < 4.78 is 23.6. The Morgan fingerprint density at radius 2 is 2.19 bits per heavy atom. The highest BCUT2D eigenvalue weighted by atomic mass is 19.1. The molecule has 0 aromatic heterocycles. The summed E-state index contributed by atoms with van der Waals surface area (Å²) in [4.78, 5) is 11.5. The topological polar surface area (TPSA) is 47.6 Å². The van der Waals surface area contributed by atoms with E-state index in [4.69, 9.17) is 9.47 Å². The summed E-state index contributed by atoms with van der Waals surface area (Å²) >= 11 is 0. The molecule has 0 spiro atoms. The first-order valence-electron chi connectivity index (χ1n) is 5.82. The molecule has 1 N–H and O–H groups in total. The molecule has 0 unspecified atom stereocenters. The minimum absolute atomic E-state index is 0.0152. The number of ether oxygens (including phenoxy) is 2. The molecule has 90 valence electrons. The van der Waals surface area contributed by atoms with Crippen LogP contribution in [0.15, 0.2) is 0 Å². The normalized spacial score (nSPS) is 49.1. The number of amides is 1. The molecular formula is C11H16FNO3. The third-order valence-corrected chi connectivity index (χ3v) is 3.99. The number of nitrogens with one attached hydrogen (secondary N) is 1. The van der Waals surface area contributed by atoms with Crippen molar-refractivity contribution in [2.75, 3.05) is 6.61 Å². The smallest absolute Gasteiger partial charge is 0.408 e. The van der Waals surface area contributed by atoms with E-state index < -0.39 is 24.5 Å². The summed E-state index contributed by atoms with van der Waals surface area (Å²) in [6.45, 7) is 1.80. The highest BCUT2D eigenvalue weighted by Gasteiger charge is 2.57. The predicted octanol–water partition coefficient (Wildman–Crippen LogP) is 1.39. The van der Waals surface area contributed by atoms with Gasteiger partial charge in [-0.2, -0.15) is 0 Å². The van der Waals surface area contributed by atoms with E-state index >= 15 is 0 Å². The second-order valence-electron chi connectivity index (χ2n) is 5.31. The number of carbonyl (C=O) groups is 1. The fourth-order valence-electron chi connectivity index (χ4n) is 2.85. The Bertz CT molecular complexity index is 305. The molecule has 16 heavy (non-hydrogen) atoms. The Morgan fingerprint density at radius 3 is 2.62 bits per heavy atom. The molecule has 3 saturated carbocycles. The first-order valence-corrected chi connectivity index (χ1v) is 5.82. The van der Waals surface area contributed by atoms with Crippen molar-refractivity contribution in [1.82, 2.24) is 5.32 Å². The summed E-state index contributed by atoms with van der Waals surface area (Å²) in [6, 6.07) is 0. The average Bonchev–Trinajstić information content (AvgIpc) is 2.41. The Balaban J connectivity index is 1.49. The van der Waals surface area contributed by atoms with Crippen molar-refractivity contribution in [3.63, 3.8) is 0 Å². The van der Waals surface area contributed by atoms with Crippen LogP contribution in [0.5, 0.6) is 0 Å². The van der Waals surface area contributed by atoms with E-state index in [1.54, 1.807) is 6.92 Å². The fourth-order valence-corrected chi connectivity index (χ4v) is 2.85. The van der Waals surface area contributed by atoms with Gasteiger partial charge in [0.05, 0.1) is 12.7 Å². The number of hydrogen-bond acceptors (Lipinski definition) is 3. The van der Waals surface area contributed by atoms with Crippen LogP contribution in [0.2, 0.25) is 0 Å². The van der Waals surface area contributed by atoms with Gasteiger partial charge in [0.25, 0.3) is 0 Å². The summed E-state index contributed by atoms with van der Waals surface area (Å²) in [5.74, 6) is 0.795. The second-order valence-corrected chi connectivity index (χ2v) is 5.31. The van der Waals surface area contributed by atoms with Crippen LogP contribution >= 0.6 is 0 Å². The van der Waals surface area contributed by atoms with Gasteiger partial charge in [0.1, 0.15) is 0 Å². The molecule has 0 aromatic rings. The molecule has 1 heterocycles. The van der Waals surface area contributed by atoms with Crippen LogP contribution in [-0.4, -0.2) is 36.6 Å². The van der Waals surface area contributed by atoms with E-state index in [-0.39, 0.29) is 12.1 Å². The lowest BCUT2D eigenvalue weighted by Crippen LogP contribution is -2.68. The van der Waals surface area contributed by atoms with E-state index in [1.807, 2.05) is 0 Å². The Kier molecular flexibility index (Phi) is 2.14. The second kappa shape index (κ2) is 3.32. The standard InChI is InChI=1S/C11H16FNO3/c1-6-9(12)8(5-15-6)16-10(14)13-11-2-7(3-11)4-11/h6-9H,2-5H2,1H3,(H,13,14)/t6-,7?,8-,9-,11?/m1/s1. The zero-order valence-electron chi connectivity index (χ0n) is 9.24. The molecule has 0 aromatic carbocycles. The van der Waals surface area contributed by atoms with E-state index in [2.05, 4.69) is 5.32 Å². The summed E-state index contributed by atoms with van der Waals surface area (Å²) in [5.41, 5.74) is -0.0152. The van der Waals surface area contributed by atoms with Gasteiger partial charge in [-0.3, -0.25) is 0 Å². The number of carbonyl (C=O) groups excluding carboxylic acids is 1. The van der Waals surface area contributed by atoms with Gasteiger partial charge in [-0.1, -0.05) is 0 Å². The summed E-state index contributed by atoms with van der Waals surface area (Å²) in [7, 11) is 0. The fraction of sp³-hybridized carbons (Fsp3) is 0.909. The van der Waals surface area contributed by atoms with Crippen molar-refractivity contribution in [1.29, 1.82) is 0 Å². The van der Waals surface area contributed by atoms with Crippen LogP contribution in [0.25, 0.3) is 0 Å². The summed E-state index contributed by atoms with van der Waals surface area (Å²) in [5, 5.41) is 2.84. The number of halogens is 1. The SMILES string of the molecule is C[C@H]1OC[C@@H](OC(=O)NC23CC(C2)C3)[C@@H]1F. The number of hydrogen-bond donors (Lipinski definition) is 1. The molecule has 4 rings (SSSR count). The monoisotopic (exact) mass is 229 g/mol. The largest absolute Gasteiger partial charge is 0.441 e. The first kappa shape index (κ1) is 10.3. The maximum absolute atomic E-state index is 13.5. The lowest BCUT2D eigenvalue weighted by molar-refractivity contribution is -0.0528. The third-order valence-electron chi connectivity index (χ3n) is 3.99. The number of alkyl halides is 1.